The Morgan fingerprint density at radius 1 is 0.900 bits per heavy atom. The Labute approximate surface area is 235 Å². The molecule has 0 radical (unpaired) electrons. The van der Waals surface area contributed by atoms with Gasteiger partial charge in [-0.2, -0.15) is 0 Å². The van der Waals surface area contributed by atoms with Crippen LogP contribution in [0.3, 0.4) is 0 Å². The molecular weight excluding hydrogens is 502 g/mol. The lowest BCUT2D eigenvalue weighted by atomic mass is 9.71. The van der Waals surface area contributed by atoms with E-state index >= 15 is 0 Å². The lowest BCUT2D eigenvalue weighted by Gasteiger charge is -2.37. The third-order valence-corrected chi connectivity index (χ3v) is 7.89. The van der Waals surface area contributed by atoms with Crippen LogP contribution in [0.25, 0.3) is 0 Å². The number of ether oxygens (including phenoxy) is 3. The van der Waals surface area contributed by atoms with Gasteiger partial charge in [-0.1, -0.05) is 60.7 Å². The van der Waals surface area contributed by atoms with Crippen LogP contribution in [0.1, 0.15) is 53.9 Å². The Balaban J connectivity index is 1.47. The Morgan fingerprint density at radius 3 is 2.35 bits per heavy atom. The molecule has 1 aliphatic heterocycles. The fourth-order valence-corrected chi connectivity index (χ4v) is 5.86. The zero-order chi connectivity index (χ0) is 28.2. The molecule has 0 fully saturated rings. The van der Waals surface area contributed by atoms with Gasteiger partial charge in [-0.05, 0) is 60.6 Å². The first kappa shape index (κ1) is 27.3. The zero-order valence-electron chi connectivity index (χ0n) is 23.5. The second kappa shape index (κ2) is 11.8. The molecule has 2 atom stereocenters. The number of hydrogen-bond donors (Lipinski definition) is 1. The quantitative estimate of drug-likeness (QED) is 0.347. The van der Waals surface area contributed by atoms with Crippen LogP contribution in [0.5, 0.6) is 11.5 Å². The Bertz CT molecular complexity index is 1490. The molecule has 0 spiro atoms. The van der Waals surface area contributed by atoms with Gasteiger partial charge in [-0.3, -0.25) is 4.79 Å². The van der Waals surface area contributed by atoms with Gasteiger partial charge in [0.05, 0.1) is 26.4 Å². The minimum atomic E-state index is -0.486. The van der Waals surface area contributed by atoms with E-state index in [0.29, 0.717) is 41.9 Å². The van der Waals surface area contributed by atoms with Crippen LogP contribution >= 0.6 is 0 Å². The normalized spacial score (nSPS) is 18.6. The van der Waals surface area contributed by atoms with Gasteiger partial charge in [-0.25, -0.2) is 4.79 Å². The van der Waals surface area contributed by atoms with Crippen molar-refractivity contribution in [2.75, 3.05) is 20.8 Å². The molecule has 0 amide bonds. The second-order valence-corrected chi connectivity index (χ2v) is 10.4. The first-order chi connectivity index (χ1) is 19.4. The van der Waals surface area contributed by atoms with Crippen molar-refractivity contribution in [3.63, 3.8) is 0 Å². The fourth-order valence-electron chi connectivity index (χ4n) is 5.86. The molecule has 40 heavy (non-hydrogen) atoms. The van der Waals surface area contributed by atoms with Crippen LogP contribution in [0.4, 0.5) is 0 Å². The smallest absolute Gasteiger partial charge is 0.336 e. The molecule has 0 aromatic heterocycles. The van der Waals surface area contributed by atoms with Crippen LogP contribution < -0.4 is 14.8 Å². The number of allylic oxidation sites excluding steroid dienone is 3. The minimum Gasteiger partial charge on any atom is -0.493 e. The molecule has 3 aromatic rings. The number of Topliss-reactive ketones (excluding diaryl/α,β-unsaturated/α-hetero) is 1. The summed E-state index contributed by atoms with van der Waals surface area (Å²) >= 11 is 0. The van der Waals surface area contributed by atoms with Gasteiger partial charge in [0.15, 0.2) is 17.3 Å². The summed E-state index contributed by atoms with van der Waals surface area (Å²) in [6, 6.07) is 23.7. The molecule has 3 aromatic carbocycles. The van der Waals surface area contributed by atoms with Crippen molar-refractivity contribution in [3.8, 4) is 11.5 Å². The highest BCUT2D eigenvalue weighted by atomic mass is 16.5. The van der Waals surface area contributed by atoms with E-state index in [4.69, 9.17) is 14.2 Å². The predicted molar refractivity (Wildman–Crippen MR) is 154 cm³/mol. The lowest BCUT2D eigenvalue weighted by molar-refractivity contribution is -0.139. The highest BCUT2D eigenvalue weighted by molar-refractivity contribution is 6.04. The molecule has 0 saturated carbocycles. The number of ketones is 1. The highest BCUT2D eigenvalue weighted by Crippen LogP contribution is 2.47. The topological polar surface area (TPSA) is 73.9 Å². The number of benzene rings is 3. The van der Waals surface area contributed by atoms with Crippen LogP contribution in [0.2, 0.25) is 0 Å². The summed E-state index contributed by atoms with van der Waals surface area (Å²) < 4.78 is 16.7. The van der Waals surface area contributed by atoms with Crippen molar-refractivity contribution in [2.45, 2.75) is 44.9 Å². The Morgan fingerprint density at radius 2 is 1.62 bits per heavy atom. The maximum absolute atomic E-state index is 13.9. The molecule has 1 aliphatic carbocycles. The molecule has 6 heteroatoms. The molecule has 1 N–H and O–H groups in total. The van der Waals surface area contributed by atoms with E-state index in [1.165, 1.54) is 0 Å². The maximum Gasteiger partial charge on any atom is 0.336 e. The van der Waals surface area contributed by atoms with Gasteiger partial charge >= 0.3 is 5.97 Å². The summed E-state index contributed by atoms with van der Waals surface area (Å²) in [5.41, 5.74) is 6.83. The molecule has 206 valence electrons. The minimum absolute atomic E-state index is 0.0248. The molecule has 2 aliphatic rings. The van der Waals surface area contributed by atoms with E-state index in [-0.39, 0.29) is 18.3 Å². The number of rotatable bonds is 8. The summed E-state index contributed by atoms with van der Waals surface area (Å²) in [6.45, 7) is 4.18. The van der Waals surface area contributed by atoms with E-state index in [9.17, 15) is 9.59 Å². The largest absolute Gasteiger partial charge is 0.493 e. The highest BCUT2D eigenvalue weighted by Gasteiger charge is 2.42. The van der Waals surface area contributed by atoms with Gasteiger partial charge in [-0.15, -0.1) is 0 Å². The number of hydrogen-bond acceptors (Lipinski definition) is 6. The first-order valence-corrected chi connectivity index (χ1v) is 13.6. The third-order valence-electron chi connectivity index (χ3n) is 7.89. The molecule has 0 unspecified atom stereocenters. The van der Waals surface area contributed by atoms with E-state index in [2.05, 4.69) is 5.32 Å². The van der Waals surface area contributed by atoms with Gasteiger partial charge in [0.1, 0.15) is 0 Å². The lowest BCUT2D eigenvalue weighted by Crippen LogP contribution is -2.36. The van der Waals surface area contributed by atoms with Gasteiger partial charge in [0.2, 0.25) is 0 Å². The van der Waals surface area contributed by atoms with E-state index in [0.717, 1.165) is 33.6 Å². The number of carbonyl (C=O) groups is 2. The van der Waals surface area contributed by atoms with Crippen molar-refractivity contribution in [3.05, 3.63) is 118 Å². The summed E-state index contributed by atoms with van der Waals surface area (Å²) in [7, 11) is 3.22. The van der Waals surface area contributed by atoms with E-state index < -0.39 is 11.9 Å². The first-order valence-electron chi connectivity index (χ1n) is 13.6. The maximum atomic E-state index is 13.9. The zero-order valence-corrected chi connectivity index (χ0v) is 23.5. The third kappa shape index (κ3) is 5.39. The monoisotopic (exact) mass is 537 g/mol. The van der Waals surface area contributed by atoms with Crippen molar-refractivity contribution < 1.29 is 23.8 Å². The summed E-state index contributed by atoms with van der Waals surface area (Å²) in [5, 5.41) is 3.44. The number of aryl methyl sites for hydroxylation is 1. The number of methoxy groups -OCH3 is 2. The molecule has 6 nitrogen and oxygen atoms in total. The molecule has 5 rings (SSSR count). The summed E-state index contributed by atoms with van der Waals surface area (Å²) in [4.78, 5) is 27.5. The van der Waals surface area contributed by atoms with Crippen molar-refractivity contribution in [2.24, 2.45) is 0 Å². The van der Waals surface area contributed by atoms with Crippen molar-refractivity contribution in [1.82, 2.24) is 5.32 Å². The van der Waals surface area contributed by atoms with Crippen LogP contribution in [-0.2, 0) is 20.7 Å². The Kier molecular flexibility index (Phi) is 8.06. The Hall–Kier alpha value is -4.32. The van der Waals surface area contributed by atoms with Crippen molar-refractivity contribution >= 4 is 11.8 Å². The van der Waals surface area contributed by atoms with Gasteiger partial charge in [0.25, 0.3) is 0 Å². The van der Waals surface area contributed by atoms with E-state index in [1.54, 1.807) is 14.2 Å². The average molecular weight is 538 g/mol. The van der Waals surface area contributed by atoms with Crippen LogP contribution in [0.15, 0.2) is 95.3 Å². The fraction of sp³-hybridized carbons (Fsp3) is 0.294. The predicted octanol–water partition coefficient (Wildman–Crippen LogP) is 6.16. The van der Waals surface area contributed by atoms with Crippen LogP contribution in [0, 0.1) is 6.92 Å². The summed E-state index contributed by atoms with van der Waals surface area (Å²) in [6.07, 6.45) is 1.61. The van der Waals surface area contributed by atoms with E-state index in [1.807, 2.05) is 86.6 Å². The summed E-state index contributed by atoms with van der Waals surface area (Å²) in [5.74, 6) is 0.416. The molecular formula is C34H35NO5. The number of carbonyl (C=O) groups excluding carboxylic acids is 2. The molecule has 1 heterocycles. The number of nitrogens with one attached hydrogen (secondary N) is 1. The van der Waals surface area contributed by atoms with Crippen LogP contribution in [-0.4, -0.2) is 32.6 Å². The second-order valence-electron chi connectivity index (χ2n) is 10.4. The SMILES string of the molecule is COc1ccc([C@@H]2CC(=O)C3=C(C2)NC(C)=C(C(=O)OCCc2ccccc2)[C@H]3c2ccccc2C)cc1OC. The van der Waals surface area contributed by atoms with Gasteiger partial charge < -0.3 is 19.5 Å². The van der Waals surface area contributed by atoms with Gasteiger partial charge in [0, 0.05) is 35.7 Å². The van der Waals surface area contributed by atoms with Crippen molar-refractivity contribution in [1.29, 1.82) is 0 Å². The standard InChI is InChI=1S/C34H35NO5/c1-21-10-8-9-13-26(21)32-31(34(37)40-17-16-23-11-6-5-7-12-23)22(2)35-27-18-25(19-28(36)33(27)32)24-14-15-29(38-3)30(20-24)39-4/h5-15,20,25,32,35H,16-19H2,1-4H3/t25-,32+/m0/s1. The molecule has 0 bridgehead atoms. The number of esters is 1. The molecule has 0 saturated heterocycles. The number of dihydropyridines is 1. The average Bonchev–Trinajstić information content (AvgIpc) is 2.96.